The first-order valence-corrected chi connectivity index (χ1v) is 4.73. The van der Waals surface area contributed by atoms with E-state index in [0.717, 1.165) is 21.3 Å². The lowest BCUT2D eigenvalue weighted by molar-refractivity contribution is 1.51. The molecule has 1 aromatic heterocycles. The Hall–Kier alpha value is -1.53. The zero-order chi connectivity index (χ0) is 9.42. The van der Waals surface area contributed by atoms with Crippen LogP contribution in [0.25, 0.3) is 10.1 Å². The van der Waals surface area contributed by atoms with Gasteiger partial charge in [-0.1, -0.05) is 6.07 Å². The van der Waals surface area contributed by atoms with Crippen LogP contribution in [0.15, 0.2) is 18.2 Å². The van der Waals surface area contributed by atoms with Crippen molar-refractivity contribution in [2.45, 2.75) is 6.92 Å². The topological polar surface area (TPSA) is 49.8 Å². The number of hydrogen-bond donors (Lipinski definition) is 1. The molecule has 2 rings (SSSR count). The largest absolute Gasteiger partial charge is 0.398 e. The number of rotatable bonds is 0. The molecular weight excluding hydrogens is 180 g/mol. The van der Waals surface area contributed by atoms with Crippen molar-refractivity contribution in [2.24, 2.45) is 0 Å². The molecule has 0 saturated carbocycles. The maximum atomic E-state index is 8.72. The first kappa shape index (κ1) is 8.09. The zero-order valence-electron chi connectivity index (χ0n) is 7.16. The minimum atomic E-state index is 0.715. The molecule has 0 amide bonds. The molecule has 13 heavy (non-hydrogen) atoms. The third kappa shape index (κ3) is 1.16. The number of nitriles is 1. The Morgan fingerprint density at radius 1 is 1.46 bits per heavy atom. The molecule has 2 aromatic rings. The molecule has 1 aromatic carbocycles. The van der Waals surface area contributed by atoms with Gasteiger partial charge < -0.3 is 5.73 Å². The molecule has 0 aliphatic rings. The SMILES string of the molecule is Cc1ccc2sc(C#N)cc2c1N. The van der Waals surface area contributed by atoms with Gasteiger partial charge in [-0.2, -0.15) is 5.26 Å². The maximum Gasteiger partial charge on any atom is 0.110 e. The molecule has 2 N–H and O–H groups in total. The lowest BCUT2D eigenvalue weighted by atomic mass is 10.1. The monoisotopic (exact) mass is 188 g/mol. The summed E-state index contributed by atoms with van der Waals surface area (Å²) in [7, 11) is 0. The van der Waals surface area contributed by atoms with Gasteiger partial charge in [-0.25, -0.2) is 0 Å². The van der Waals surface area contributed by atoms with Crippen LogP contribution in [0.5, 0.6) is 0 Å². The summed E-state index contributed by atoms with van der Waals surface area (Å²) in [5, 5.41) is 9.72. The average Bonchev–Trinajstić information content (AvgIpc) is 2.55. The number of fused-ring (bicyclic) bond motifs is 1. The van der Waals surface area contributed by atoms with Gasteiger partial charge in [0.1, 0.15) is 10.9 Å². The third-order valence-electron chi connectivity index (χ3n) is 2.07. The van der Waals surface area contributed by atoms with E-state index in [0.29, 0.717) is 4.88 Å². The van der Waals surface area contributed by atoms with Crippen LogP contribution in [0.4, 0.5) is 5.69 Å². The Morgan fingerprint density at radius 2 is 2.23 bits per heavy atom. The Kier molecular flexibility index (Phi) is 1.71. The van der Waals surface area contributed by atoms with Gasteiger partial charge in [0, 0.05) is 15.8 Å². The van der Waals surface area contributed by atoms with Crippen LogP contribution in [0.2, 0.25) is 0 Å². The number of aryl methyl sites for hydroxylation is 1. The molecule has 0 spiro atoms. The van der Waals surface area contributed by atoms with E-state index in [1.165, 1.54) is 11.3 Å². The second-order valence-corrected chi connectivity index (χ2v) is 4.01. The van der Waals surface area contributed by atoms with Crippen molar-refractivity contribution in [3.8, 4) is 6.07 Å². The highest BCUT2D eigenvalue weighted by Gasteiger charge is 2.05. The fourth-order valence-electron chi connectivity index (χ4n) is 1.30. The minimum Gasteiger partial charge on any atom is -0.398 e. The fraction of sp³-hybridized carbons (Fsp3) is 0.100. The third-order valence-corrected chi connectivity index (χ3v) is 3.08. The molecular formula is C10H8N2S. The molecule has 0 atom stereocenters. The smallest absolute Gasteiger partial charge is 0.110 e. The molecule has 64 valence electrons. The summed E-state index contributed by atoms with van der Waals surface area (Å²) in [5.74, 6) is 0. The maximum absolute atomic E-state index is 8.72. The van der Waals surface area contributed by atoms with Gasteiger partial charge in [0.25, 0.3) is 0 Å². The minimum absolute atomic E-state index is 0.715. The molecule has 3 heteroatoms. The number of nitrogens with two attached hydrogens (primary N) is 1. The Labute approximate surface area is 80.2 Å². The Bertz CT molecular complexity index is 505. The van der Waals surface area contributed by atoms with E-state index < -0.39 is 0 Å². The molecule has 0 saturated heterocycles. The molecule has 0 unspecified atom stereocenters. The summed E-state index contributed by atoms with van der Waals surface area (Å²) in [6, 6.07) is 7.96. The second-order valence-electron chi connectivity index (χ2n) is 2.93. The van der Waals surface area contributed by atoms with E-state index in [-0.39, 0.29) is 0 Å². The number of thiophene rings is 1. The summed E-state index contributed by atoms with van der Waals surface area (Å²) in [6.07, 6.45) is 0. The summed E-state index contributed by atoms with van der Waals surface area (Å²) in [4.78, 5) is 0.715. The predicted molar refractivity (Wildman–Crippen MR) is 55.7 cm³/mol. The van der Waals surface area contributed by atoms with Crippen LogP contribution in [-0.2, 0) is 0 Å². The van der Waals surface area contributed by atoms with Crippen molar-refractivity contribution in [1.82, 2.24) is 0 Å². The van der Waals surface area contributed by atoms with Gasteiger partial charge in [-0.15, -0.1) is 11.3 Å². The van der Waals surface area contributed by atoms with Crippen molar-refractivity contribution in [1.29, 1.82) is 5.26 Å². The van der Waals surface area contributed by atoms with Gasteiger partial charge in [-0.3, -0.25) is 0 Å². The van der Waals surface area contributed by atoms with Crippen LogP contribution in [0.3, 0.4) is 0 Å². The van der Waals surface area contributed by atoms with E-state index in [9.17, 15) is 0 Å². The van der Waals surface area contributed by atoms with Crippen LogP contribution >= 0.6 is 11.3 Å². The molecule has 0 fully saturated rings. The van der Waals surface area contributed by atoms with Gasteiger partial charge in [-0.05, 0) is 24.6 Å². The summed E-state index contributed by atoms with van der Waals surface area (Å²) in [5.41, 5.74) is 7.74. The van der Waals surface area contributed by atoms with Gasteiger partial charge in [0.15, 0.2) is 0 Å². The molecule has 2 nitrogen and oxygen atoms in total. The van der Waals surface area contributed by atoms with Gasteiger partial charge >= 0.3 is 0 Å². The van der Waals surface area contributed by atoms with Crippen molar-refractivity contribution < 1.29 is 0 Å². The number of anilines is 1. The van der Waals surface area contributed by atoms with Gasteiger partial charge in [0.05, 0.1) is 0 Å². The summed E-state index contributed by atoms with van der Waals surface area (Å²) < 4.78 is 1.08. The Balaban J connectivity index is 2.86. The average molecular weight is 188 g/mol. The summed E-state index contributed by atoms with van der Waals surface area (Å²) in [6.45, 7) is 1.97. The number of nitrogen functional groups attached to an aromatic ring is 1. The first-order chi connectivity index (χ1) is 6.22. The quantitative estimate of drug-likeness (QED) is 0.646. The van der Waals surface area contributed by atoms with Gasteiger partial charge in [0.2, 0.25) is 0 Å². The Morgan fingerprint density at radius 3 is 2.92 bits per heavy atom. The summed E-state index contributed by atoms with van der Waals surface area (Å²) >= 11 is 1.48. The zero-order valence-corrected chi connectivity index (χ0v) is 7.98. The van der Waals surface area contributed by atoms with E-state index >= 15 is 0 Å². The molecule has 0 aliphatic carbocycles. The molecule has 0 radical (unpaired) electrons. The van der Waals surface area contributed by atoms with E-state index in [1.54, 1.807) is 0 Å². The van der Waals surface area contributed by atoms with Crippen molar-refractivity contribution in [3.63, 3.8) is 0 Å². The second kappa shape index (κ2) is 2.75. The predicted octanol–water partition coefficient (Wildman–Crippen LogP) is 2.66. The van der Waals surface area contributed by atoms with Crippen LogP contribution in [0, 0.1) is 18.3 Å². The molecule has 0 aliphatic heterocycles. The van der Waals surface area contributed by atoms with Crippen LogP contribution in [-0.4, -0.2) is 0 Å². The fourth-order valence-corrected chi connectivity index (χ4v) is 2.17. The van der Waals surface area contributed by atoms with Crippen molar-refractivity contribution in [3.05, 3.63) is 28.6 Å². The highest BCUT2D eigenvalue weighted by molar-refractivity contribution is 7.19. The number of nitrogens with zero attached hydrogens (tertiary/aromatic N) is 1. The van der Waals surface area contributed by atoms with Crippen LogP contribution in [0.1, 0.15) is 10.4 Å². The standard InChI is InChI=1S/C10H8N2S/c1-6-2-3-9-8(10(6)12)4-7(5-11)13-9/h2-4H,12H2,1H3. The van der Waals surface area contributed by atoms with E-state index in [1.807, 2.05) is 25.1 Å². The number of benzene rings is 1. The van der Waals surface area contributed by atoms with Crippen molar-refractivity contribution >= 4 is 27.1 Å². The lowest BCUT2D eigenvalue weighted by Gasteiger charge is -1.99. The van der Waals surface area contributed by atoms with E-state index in [4.69, 9.17) is 11.0 Å². The normalized spacial score (nSPS) is 10.2. The van der Waals surface area contributed by atoms with E-state index in [2.05, 4.69) is 6.07 Å². The number of hydrogen-bond acceptors (Lipinski definition) is 3. The first-order valence-electron chi connectivity index (χ1n) is 3.91. The van der Waals surface area contributed by atoms with Crippen molar-refractivity contribution in [2.75, 3.05) is 5.73 Å². The molecule has 0 bridgehead atoms. The lowest BCUT2D eigenvalue weighted by Crippen LogP contribution is -1.88. The molecule has 1 heterocycles. The highest BCUT2D eigenvalue weighted by Crippen LogP contribution is 2.31. The highest BCUT2D eigenvalue weighted by atomic mass is 32.1. The van der Waals surface area contributed by atoms with Crippen LogP contribution < -0.4 is 5.73 Å².